The van der Waals surface area contributed by atoms with Gasteiger partial charge in [0.1, 0.15) is 10.8 Å². The molecule has 1 aromatic rings. The predicted octanol–water partition coefficient (Wildman–Crippen LogP) is 1.75. The molecule has 0 N–H and O–H groups in total. The molecule has 0 bridgehead atoms. The number of nitrogens with zero attached hydrogens (tertiary/aromatic N) is 4. The van der Waals surface area contributed by atoms with Crippen molar-refractivity contribution < 1.29 is 4.79 Å². The molecule has 17 heavy (non-hydrogen) atoms. The van der Waals surface area contributed by atoms with E-state index in [1.54, 1.807) is 11.8 Å². The van der Waals surface area contributed by atoms with Crippen LogP contribution in [0, 0.1) is 17.2 Å². The molecule has 90 valence electrons. The van der Waals surface area contributed by atoms with E-state index in [0.29, 0.717) is 13.1 Å². The summed E-state index contributed by atoms with van der Waals surface area (Å²) < 4.78 is 0. The molecular formula is C11H13ClN4O. The Hall–Kier alpha value is -1.67. The Morgan fingerprint density at radius 1 is 1.65 bits per heavy atom. The summed E-state index contributed by atoms with van der Waals surface area (Å²) in [6, 6.07) is 2.09. The zero-order valence-corrected chi connectivity index (χ0v) is 10.5. The van der Waals surface area contributed by atoms with Crippen molar-refractivity contribution in [2.24, 2.45) is 5.92 Å². The molecule has 1 heterocycles. The number of hydrogen-bond acceptors (Lipinski definition) is 4. The summed E-state index contributed by atoms with van der Waals surface area (Å²) in [5.74, 6) is -0.476. The van der Waals surface area contributed by atoms with Gasteiger partial charge in [0.15, 0.2) is 0 Å². The maximum absolute atomic E-state index is 12.0. The number of nitriles is 1. The lowest BCUT2D eigenvalue weighted by Crippen LogP contribution is -2.34. The lowest BCUT2D eigenvalue weighted by Gasteiger charge is -2.21. The van der Waals surface area contributed by atoms with Crippen LogP contribution in [-0.2, 0) is 0 Å². The topological polar surface area (TPSA) is 69.9 Å². The molecule has 5 nitrogen and oxygen atoms in total. The molecule has 0 saturated carbocycles. The second kappa shape index (κ2) is 6.16. The lowest BCUT2D eigenvalue weighted by atomic mass is 10.2. The fourth-order valence-electron chi connectivity index (χ4n) is 1.33. The molecule has 6 heteroatoms. The molecular weight excluding hydrogens is 240 g/mol. The van der Waals surface area contributed by atoms with Crippen LogP contribution in [0.5, 0.6) is 0 Å². The van der Waals surface area contributed by atoms with Crippen LogP contribution < -0.4 is 0 Å². The van der Waals surface area contributed by atoms with Gasteiger partial charge in [-0.1, -0.05) is 11.6 Å². The zero-order chi connectivity index (χ0) is 12.8. The molecule has 0 aliphatic heterocycles. The van der Waals surface area contributed by atoms with Crippen LogP contribution in [-0.4, -0.2) is 33.9 Å². The zero-order valence-electron chi connectivity index (χ0n) is 9.72. The van der Waals surface area contributed by atoms with Crippen molar-refractivity contribution in [1.29, 1.82) is 5.26 Å². The fourth-order valence-corrected chi connectivity index (χ4v) is 1.48. The number of hydrogen-bond donors (Lipinski definition) is 0. The van der Waals surface area contributed by atoms with E-state index in [4.69, 9.17) is 16.9 Å². The standard InChI is InChI=1S/C11H13ClN4O/c1-3-16(7-8(2)4-13)11(17)9-5-14-6-10(12)15-9/h5-6,8H,3,7H2,1-2H3. The van der Waals surface area contributed by atoms with E-state index in [0.717, 1.165) is 0 Å². The third kappa shape index (κ3) is 3.68. The van der Waals surface area contributed by atoms with Crippen molar-refractivity contribution in [2.75, 3.05) is 13.1 Å². The minimum atomic E-state index is -0.260. The van der Waals surface area contributed by atoms with Gasteiger partial charge in [-0.3, -0.25) is 9.78 Å². The predicted molar refractivity (Wildman–Crippen MR) is 63.4 cm³/mol. The highest BCUT2D eigenvalue weighted by Gasteiger charge is 2.18. The number of rotatable bonds is 4. The quantitative estimate of drug-likeness (QED) is 0.819. The first-order valence-electron chi connectivity index (χ1n) is 5.25. The average molecular weight is 253 g/mol. The molecule has 1 unspecified atom stereocenters. The molecule has 0 saturated heterocycles. The number of aromatic nitrogens is 2. The van der Waals surface area contributed by atoms with Crippen LogP contribution in [0.1, 0.15) is 24.3 Å². The van der Waals surface area contributed by atoms with Gasteiger partial charge in [0, 0.05) is 13.1 Å². The molecule has 0 aromatic carbocycles. The lowest BCUT2D eigenvalue weighted by molar-refractivity contribution is 0.0746. The van der Waals surface area contributed by atoms with Crippen molar-refractivity contribution in [3.8, 4) is 6.07 Å². The van der Waals surface area contributed by atoms with Crippen LogP contribution in [0.2, 0.25) is 5.15 Å². The first-order chi connectivity index (χ1) is 8.08. The smallest absolute Gasteiger partial charge is 0.274 e. The summed E-state index contributed by atoms with van der Waals surface area (Å²) in [6.45, 7) is 4.50. The third-order valence-corrected chi connectivity index (χ3v) is 2.39. The largest absolute Gasteiger partial charge is 0.336 e. The van der Waals surface area contributed by atoms with E-state index >= 15 is 0 Å². The van der Waals surface area contributed by atoms with E-state index < -0.39 is 0 Å². The highest BCUT2D eigenvalue weighted by molar-refractivity contribution is 6.29. The maximum atomic E-state index is 12.0. The SMILES string of the molecule is CCN(CC(C)C#N)C(=O)c1cncc(Cl)n1. The van der Waals surface area contributed by atoms with Gasteiger partial charge in [0.25, 0.3) is 5.91 Å². The van der Waals surface area contributed by atoms with Crippen LogP contribution in [0.4, 0.5) is 0 Å². The molecule has 1 rings (SSSR count). The van der Waals surface area contributed by atoms with Gasteiger partial charge >= 0.3 is 0 Å². The van der Waals surface area contributed by atoms with Crippen molar-refractivity contribution in [1.82, 2.24) is 14.9 Å². The Balaban J connectivity index is 2.83. The van der Waals surface area contributed by atoms with Crippen molar-refractivity contribution in [2.45, 2.75) is 13.8 Å². The number of carbonyl (C=O) groups excluding carboxylic acids is 1. The second-order valence-electron chi connectivity index (χ2n) is 3.60. The molecule has 0 radical (unpaired) electrons. The summed E-state index contributed by atoms with van der Waals surface area (Å²) in [5.41, 5.74) is 0.199. The van der Waals surface area contributed by atoms with Gasteiger partial charge in [-0.15, -0.1) is 0 Å². The molecule has 1 atom stereocenters. The van der Waals surface area contributed by atoms with E-state index in [9.17, 15) is 4.79 Å². The van der Waals surface area contributed by atoms with Crippen LogP contribution in [0.15, 0.2) is 12.4 Å². The minimum Gasteiger partial charge on any atom is -0.336 e. The van der Waals surface area contributed by atoms with E-state index in [2.05, 4.69) is 16.0 Å². The summed E-state index contributed by atoms with van der Waals surface area (Å²) in [4.78, 5) is 21.3. The molecule has 0 fully saturated rings. The average Bonchev–Trinajstić information content (AvgIpc) is 2.34. The number of carbonyl (C=O) groups is 1. The van der Waals surface area contributed by atoms with Crippen molar-refractivity contribution in [3.05, 3.63) is 23.2 Å². The summed E-state index contributed by atoms with van der Waals surface area (Å²) in [7, 11) is 0. The second-order valence-corrected chi connectivity index (χ2v) is 3.99. The van der Waals surface area contributed by atoms with Gasteiger partial charge in [-0.2, -0.15) is 5.26 Å². The third-order valence-electron chi connectivity index (χ3n) is 2.21. The molecule has 0 aliphatic carbocycles. The summed E-state index contributed by atoms with van der Waals surface area (Å²) in [6.07, 6.45) is 2.74. The molecule has 0 aliphatic rings. The molecule has 1 aromatic heterocycles. The summed E-state index contributed by atoms with van der Waals surface area (Å²) >= 11 is 5.67. The maximum Gasteiger partial charge on any atom is 0.274 e. The van der Waals surface area contributed by atoms with E-state index in [1.165, 1.54) is 12.4 Å². The van der Waals surface area contributed by atoms with Crippen molar-refractivity contribution in [3.63, 3.8) is 0 Å². The van der Waals surface area contributed by atoms with Gasteiger partial charge in [-0.25, -0.2) is 4.98 Å². The van der Waals surface area contributed by atoms with Gasteiger partial charge in [0.2, 0.25) is 0 Å². The van der Waals surface area contributed by atoms with Gasteiger partial charge in [0.05, 0.1) is 24.4 Å². The molecule has 1 amide bonds. The Morgan fingerprint density at radius 3 is 2.88 bits per heavy atom. The fraction of sp³-hybridized carbons (Fsp3) is 0.455. The Bertz CT molecular complexity index is 443. The monoisotopic (exact) mass is 252 g/mol. The van der Waals surface area contributed by atoms with Crippen molar-refractivity contribution >= 4 is 17.5 Å². The van der Waals surface area contributed by atoms with Gasteiger partial charge < -0.3 is 4.90 Å². The Kier molecular flexibility index (Phi) is 4.85. The Morgan fingerprint density at radius 2 is 2.35 bits per heavy atom. The number of amides is 1. The molecule has 0 spiro atoms. The van der Waals surface area contributed by atoms with Gasteiger partial charge in [-0.05, 0) is 13.8 Å². The van der Waals surface area contributed by atoms with Crippen LogP contribution >= 0.6 is 11.6 Å². The van der Waals surface area contributed by atoms with Crippen LogP contribution in [0.3, 0.4) is 0 Å². The first-order valence-corrected chi connectivity index (χ1v) is 5.62. The highest BCUT2D eigenvalue weighted by Crippen LogP contribution is 2.07. The number of halogens is 1. The van der Waals surface area contributed by atoms with E-state index in [-0.39, 0.29) is 22.7 Å². The highest BCUT2D eigenvalue weighted by atomic mass is 35.5. The Labute approximate surface area is 105 Å². The summed E-state index contributed by atoms with van der Waals surface area (Å²) in [5, 5.41) is 8.92. The first kappa shape index (κ1) is 13.4. The normalized spacial score (nSPS) is 11.6. The van der Waals surface area contributed by atoms with E-state index in [1.807, 2.05) is 6.92 Å². The van der Waals surface area contributed by atoms with Crippen LogP contribution in [0.25, 0.3) is 0 Å². The minimum absolute atomic E-state index is 0.181.